The van der Waals surface area contributed by atoms with Crippen molar-refractivity contribution in [2.24, 2.45) is 0 Å². The molecule has 154 valence electrons. The molecule has 1 unspecified atom stereocenters. The summed E-state index contributed by atoms with van der Waals surface area (Å²) in [5, 5.41) is 18.5. The average Bonchev–Trinajstić information content (AvgIpc) is 2.90. The number of nitrogens with one attached hydrogen (secondary N) is 2. The summed E-state index contributed by atoms with van der Waals surface area (Å²) in [6.07, 6.45) is 0.692. The van der Waals surface area contributed by atoms with Crippen molar-refractivity contribution in [3.05, 3.63) is 34.7 Å². The first kappa shape index (κ1) is 20.7. The molecule has 1 aromatic heterocycles. The second-order valence-electron chi connectivity index (χ2n) is 7.42. The van der Waals surface area contributed by atoms with Gasteiger partial charge in [0.15, 0.2) is 5.90 Å². The molecule has 1 aliphatic heterocycles. The van der Waals surface area contributed by atoms with Gasteiger partial charge in [0.2, 0.25) is 5.91 Å². The van der Waals surface area contributed by atoms with Gasteiger partial charge in [0.05, 0.1) is 19.1 Å². The van der Waals surface area contributed by atoms with Gasteiger partial charge in [-0.1, -0.05) is 25.3 Å². The van der Waals surface area contributed by atoms with Crippen LogP contribution in [0.15, 0.2) is 18.2 Å². The molecule has 2 heterocycles. The van der Waals surface area contributed by atoms with Gasteiger partial charge in [-0.15, -0.1) is 0 Å². The van der Waals surface area contributed by atoms with Gasteiger partial charge >= 0.3 is 0 Å². The van der Waals surface area contributed by atoms with Crippen LogP contribution in [0.4, 0.5) is 4.39 Å². The topological polar surface area (TPSA) is 85.4 Å². The molecule has 0 saturated carbocycles. The molecule has 0 spiro atoms. The second-order valence-corrected chi connectivity index (χ2v) is 7.42. The summed E-state index contributed by atoms with van der Waals surface area (Å²) in [5.41, 5.74) is 0. The molecule has 0 aliphatic carbocycles. The smallest absolute Gasteiger partial charge is 0.228 e. The van der Waals surface area contributed by atoms with E-state index >= 15 is 0 Å². The summed E-state index contributed by atoms with van der Waals surface area (Å²) in [7, 11) is 3.67. The molecular formula is C21H26FN5O2. The number of hydrogen-bond donors (Lipinski definition) is 2. The molecule has 1 amide bonds. The van der Waals surface area contributed by atoms with E-state index < -0.39 is 6.04 Å². The highest BCUT2D eigenvalue weighted by Gasteiger charge is 2.33. The van der Waals surface area contributed by atoms with Crippen LogP contribution in [0.5, 0.6) is 0 Å². The van der Waals surface area contributed by atoms with E-state index in [2.05, 4.69) is 13.2 Å². The molecule has 8 heteroatoms. The van der Waals surface area contributed by atoms with Crippen LogP contribution in [0.1, 0.15) is 18.9 Å². The van der Waals surface area contributed by atoms with E-state index in [0.717, 1.165) is 0 Å². The summed E-state index contributed by atoms with van der Waals surface area (Å²) in [6.45, 7) is 8.77. The second kappa shape index (κ2) is 8.16. The van der Waals surface area contributed by atoms with Crippen LogP contribution in [-0.2, 0) is 9.53 Å². The predicted octanol–water partition coefficient (Wildman–Crippen LogP) is 1.30. The van der Waals surface area contributed by atoms with E-state index in [1.807, 2.05) is 19.0 Å². The van der Waals surface area contributed by atoms with E-state index in [0.29, 0.717) is 34.4 Å². The minimum absolute atomic E-state index is 0.106. The lowest BCUT2D eigenvalue weighted by Gasteiger charge is -2.34. The number of aromatic nitrogens is 1. The van der Waals surface area contributed by atoms with Crippen molar-refractivity contribution in [2.75, 3.05) is 33.8 Å². The van der Waals surface area contributed by atoms with Gasteiger partial charge < -0.3 is 14.2 Å². The number of benzene rings is 1. The van der Waals surface area contributed by atoms with Gasteiger partial charge in [0, 0.05) is 27.9 Å². The van der Waals surface area contributed by atoms with Crippen molar-refractivity contribution in [3.8, 4) is 0 Å². The molecule has 0 radical (unpaired) electrons. The van der Waals surface area contributed by atoms with Crippen LogP contribution in [-0.4, -0.2) is 65.8 Å². The van der Waals surface area contributed by atoms with Crippen LogP contribution in [0.25, 0.3) is 23.9 Å². The third-order valence-electron chi connectivity index (χ3n) is 5.10. The standard InChI is InChI=1S/C21H26FN5O2/c1-13-15-6-5-7-16(22)20(15)14(2)27(13)17-8-9-19(28)26(21(17)24)10-11-29-18(23)12-25(3)4/h5-7,17,23-24H,1-2,8-12H2,3-4H3. The number of halogens is 1. The summed E-state index contributed by atoms with van der Waals surface area (Å²) < 4.78 is 21.5. The van der Waals surface area contributed by atoms with Gasteiger partial charge in [-0.25, -0.2) is 4.39 Å². The normalized spacial score (nSPS) is 17.4. The fourth-order valence-electron chi connectivity index (χ4n) is 3.78. The Hall–Kier alpha value is -3.00. The number of likely N-dealkylation sites (tertiary alicyclic amines) is 1. The third-order valence-corrected chi connectivity index (χ3v) is 5.10. The Balaban J connectivity index is 1.83. The average molecular weight is 399 g/mol. The first-order valence-electron chi connectivity index (χ1n) is 9.42. The summed E-state index contributed by atoms with van der Waals surface area (Å²) in [6, 6.07) is 4.33. The Morgan fingerprint density at radius 2 is 2.07 bits per heavy atom. The zero-order chi connectivity index (χ0) is 21.3. The largest absolute Gasteiger partial charge is 0.478 e. The van der Waals surface area contributed by atoms with Crippen LogP contribution < -0.4 is 10.7 Å². The van der Waals surface area contributed by atoms with Gasteiger partial charge in [0.1, 0.15) is 18.3 Å². The van der Waals surface area contributed by atoms with Gasteiger partial charge in [0.25, 0.3) is 0 Å². The maximum absolute atomic E-state index is 14.3. The Kier molecular flexibility index (Phi) is 5.83. The molecule has 3 rings (SSSR count). The van der Waals surface area contributed by atoms with E-state index in [9.17, 15) is 9.18 Å². The molecule has 0 bridgehead atoms. The molecule has 1 fully saturated rings. The molecule has 29 heavy (non-hydrogen) atoms. The number of ether oxygens (including phenoxy) is 1. The lowest BCUT2D eigenvalue weighted by atomic mass is 10.0. The summed E-state index contributed by atoms with van der Waals surface area (Å²) >= 11 is 0. The van der Waals surface area contributed by atoms with E-state index in [-0.39, 0.29) is 43.0 Å². The number of fused-ring (bicyclic) bond motifs is 1. The number of carbonyl (C=O) groups excluding carboxylic acids is 1. The maximum Gasteiger partial charge on any atom is 0.228 e. The number of amidine groups is 1. The van der Waals surface area contributed by atoms with Crippen molar-refractivity contribution >= 4 is 41.6 Å². The number of amides is 1. The Morgan fingerprint density at radius 1 is 1.34 bits per heavy atom. The highest BCUT2D eigenvalue weighted by molar-refractivity contribution is 6.01. The number of hydrogen-bond acceptors (Lipinski definition) is 5. The number of carbonyl (C=O) groups is 1. The molecule has 1 atom stereocenters. The Morgan fingerprint density at radius 3 is 2.72 bits per heavy atom. The van der Waals surface area contributed by atoms with Crippen LogP contribution in [0.3, 0.4) is 0 Å². The van der Waals surface area contributed by atoms with Crippen molar-refractivity contribution in [1.29, 1.82) is 10.8 Å². The Labute approximate surface area is 168 Å². The Bertz CT molecular complexity index is 1070. The zero-order valence-corrected chi connectivity index (χ0v) is 16.8. The highest BCUT2D eigenvalue weighted by Crippen LogP contribution is 2.23. The van der Waals surface area contributed by atoms with Crippen LogP contribution in [0, 0.1) is 16.6 Å². The minimum Gasteiger partial charge on any atom is -0.478 e. The predicted molar refractivity (Wildman–Crippen MR) is 112 cm³/mol. The zero-order valence-electron chi connectivity index (χ0n) is 16.8. The molecular weight excluding hydrogens is 373 g/mol. The monoisotopic (exact) mass is 399 g/mol. The SMILES string of the molecule is C=c1c2cccc(F)c2c(=C)n1C1CCC(=O)N(CCOC(=N)CN(C)C)C1=N. The molecule has 1 aliphatic rings. The van der Waals surface area contributed by atoms with Crippen molar-refractivity contribution in [2.45, 2.75) is 18.9 Å². The maximum atomic E-state index is 14.3. The number of likely N-dealkylation sites (N-methyl/N-ethyl adjacent to an activating group) is 1. The van der Waals surface area contributed by atoms with Crippen molar-refractivity contribution in [3.63, 3.8) is 0 Å². The van der Waals surface area contributed by atoms with Crippen molar-refractivity contribution < 1.29 is 13.9 Å². The van der Waals surface area contributed by atoms with Gasteiger partial charge in [-0.2, -0.15) is 0 Å². The van der Waals surface area contributed by atoms with E-state index in [1.165, 1.54) is 11.0 Å². The molecule has 1 aromatic carbocycles. The molecule has 2 N–H and O–H groups in total. The molecule has 1 saturated heterocycles. The lowest BCUT2D eigenvalue weighted by molar-refractivity contribution is -0.129. The first-order chi connectivity index (χ1) is 13.7. The van der Waals surface area contributed by atoms with Crippen LogP contribution in [0.2, 0.25) is 0 Å². The van der Waals surface area contributed by atoms with Crippen molar-refractivity contribution in [1.82, 2.24) is 14.4 Å². The summed E-state index contributed by atoms with van der Waals surface area (Å²) in [4.78, 5) is 15.6. The highest BCUT2D eigenvalue weighted by atomic mass is 19.1. The number of piperidine rings is 1. The van der Waals surface area contributed by atoms with Gasteiger partial charge in [-0.3, -0.25) is 20.5 Å². The fourth-order valence-corrected chi connectivity index (χ4v) is 3.78. The van der Waals surface area contributed by atoms with E-state index in [1.54, 1.807) is 16.7 Å². The molecule has 7 nitrogen and oxygen atoms in total. The number of nitrogens with zero attached hydrogens (tertiary/aromatic N) is 3. The number of rotatable bonds is 6. The van der Waals surface area contributed by atoms with Gasteiger partial charge in [-0.05, 0) is 26.6 Å². The molecule has 2 aromatic rings. The lowest BCUT2D eigenvalue weighted by Crippen LogP contribution is -2.50. The minimum atomic E-state index is -0.458. The quantitative estimate of drug-likeness (QED) is 0.567. The fraction of sp³-hybridized carbons (Fsp3) is 0.381. The summed E-state index contributed by atoms with van der Waals surface area (Å²) in [5.74, 6) is -0.318. The third kappa shape index (κ3) is 3.93. The van der Waals surface area contributed by atoms with E-state index in [4.69, 9.17) is 15.6 Å². The first-order valence-corrected chi connectivity index (χ1v) is 9.42. The van der Waals surface area contributed by atoms with Crippen LogP contribution >= 0.6 is 0 Å².